The van der Waals surface area contributed by atoms with E-state index in [2.05, 4.69) is 25.3 Å². The number of nitrogens with one attached hydrogen (secondary N) is 1. The van der Waals surface area contributed by atoms with Gasteiger partial charge < -0.3 is 5.32 Å². The SMILES string of the molecule is O=C(N[C@H]1CCc2ncccc21)c1cc(-c2ccc(C(F)(F)F)cc2)nc(-c2cccnc2)n1. The topological polar surface area (TPSA) is 80.7 Å². The van der Waals surface area contributed by atoms with Gasteiger partial charge in [-0.3, -0.25) is 14.8 Å². The maximum Gasteiger partial charge on any atom is 0.416 e. The summed E-state index contributed by atoms with van der Waals surface area (Å²) in [6.07, 6.45) is 1.94. The van der Waals surface area contributed by atoms with E-state index in [-0.39, 0.29) is 17.6 Å². The highest BCUT2D eigenvalue weighted by atomic mass is 19.4. The molecule has 1 aromatic carbocycles. The first-order valence-electron chi connectivity index (χ1n) is 10.6. The number of halogens is 3. The van der Waals surface area contributed by atoms with Crippen molar-refractivity contribution in [2.24, 2.45) is 0 Å². The first-order chi connectivity index (χ1) is 16.4. The van der Waals surface area contributed by atoms with E-state index in [1.54, 1.807) is 30.7 Å². The number of carbonyl (C=O) groups excluding carboxylic acids is 1. The highest BCUT2D eigenvalue weighted by Crippen LogP contribution is 2.32. The van der Waals surface area contributed by atoms with Crippen molar-refractivity contribution >= 4 is 5.91 Å². The Morgan fingerprint density at radius 3 is 2.50 bits per heavy atom. The van der Waals surface area contributed by atoms with Gasteiger partial charge in [0.05, 0.1) is 17.3 Å². The van der Waals surface area contributed by atoms with Crippen LogP contribution in [0.25, 0.3) is 22.6 Å². The molecule has 0 saturated carbocycles. The number of aryl methyl sites for hydroxylation is 1. The molecule has 3 aromatic heterocycles. The molecule has 0 spiro atoms. The first kappa shape index (κ1) is 21.7. The van der Waals surface area contributed by atoms with Crippen LogP contribution in [0.1, 0.15) is 39.8 Å². The van der Waals surface area contributed by atoms with Gasteiger partial charge in [-0.25, -0.2) is 9.97 Å². The molecule has 1 N–H and O–H groups in total. The lowest BCUT2D eigenvalue weighted by Gasteiger charge is -2.15. The lowest BCUT2D eigenvalue weighted by molar-refractivity contribution is -0.137. The smallest absolute Gasteiger partial charge is 0.344 e. The van der Waals surface area contributed by atoms with E-state index in [9.17, 15) is 18.0 Å². The lowest BCUT2D eigenvalue weighted by atomic mass is 10.1. The number of nitrogens with zero attached hydrogens (tertiary/aromatic N) is 4. The zero-order valence-corrected chi connectivity index (χ0v) is 17.8. The van der Waals surface area contributed by atoms with Crippen LogP contribution in [0.15, 0.2) is 73.2 Å². The van der Waals surface area contributed by atoms with Gasteiger partial charge in [-0.05, 0) is 54.8 Å². The fourth-order valence-corrected chi connectivity index (χ4v) is 3.96. The largest absolute Gasteiger partial charge is 0.416 e. The molecular weight excluding hydrogens is 443 g/mol. The Kier molecular flexibility index (Phi) is 5.53. The van der Waals surface area contributed by atoms with Gasteiger partial charge in [-0.2, -0.15) is 13.2 Å². The predicted octanol–water partition coefficient (Wildman–Crippen LogP) is 5.04. The predicted molar refractivity (Wildman–Crippen MR) is 118 cm³/mol. The van der Waals surface area contributed by atoms with E-state index in [4.69, 9.17) is 0 Å². The first-order valence-corrected chi connectivity index (χ1v) is 10.6. The Balaban J connectivity index is 1.51. The van der Waals surface area contributed by atoms with E-state index in [1.807, 2.05) is 12.1 Å². The fraction of sp³-hybridized carbons (Fsp3) is 0.160. The van der Waals surface area contributed by atoms with E-state index in [0.717, 1.165) is 36.2 Å². The molecule has 1 atom stereocenters. The number of rotatable bonds is 4. The summed E-state index contributed by atoms with van der Waals surface area (Å²) in [6, 6.07) is 13.2. The number of pyridine rings is 2. The summed E-state index contributed by atoms with van der Waals surface area (Å²) < 4.78 is 39.0. The molecule has 1 amide bonds. The van der Waals surface area contributed by atoms with Crippen molar-refractivity contribution in [3.05, 3.63) is 95.7 Å². The molecule has 34 heavy (non-hydrogen) atoms. The second-order valence-electron chi connectivity index (χ2n) is 7.88. The van der Waals surface area contributed by atoms with Gasteiger partial charge in [-0.1, -0.05) is 18.2 Å². The fourth-order valence-electron chi connectivity index (χ4n) is 3.96. The van der Waals surface area contributed by atoms with E-state index in [1.165, 1.54) is 18.2 Å². The van der Waals surface area contributed by atoms with Crippen LogP contribution < -0.4 is 5.32 Å². The van der Waals surface area contributed by atoms with Gasteiger partial charge in [-0.15, -0.1) is 0 Å². The summed E-state index contributed by atoms with van der Waals surface area (Å²) in [5.41, 5.74) is 2.63. The third-order valence-electron chi connectivity index (χ3n) is 5.66. The molecule has 0 unspecified atom stereocenters. The average Bonchev–Trinajstić information content (AvgIpc) is 3.26. The van der Waals surface area contributed by atoms with Crippen molar-refractivity contribution in [3.8, 4) is 22.6 Å². The molecular formula is C25H18F3N5O. The second-order valence-corrected chi connectivity index (χ2v) is 7.88. The van der Waals surface area contributed by atoms with E-state index < -0.39 is 17.6 Å². The van der Waals surface area contributed by atoms with Crippen LogP contribution in [-0.4, -0.2) is 25.8 Å². The quantitative estimate of drug-likeness (QED) is 0.461. The Labute approximate surface area is 193 Å². The van der Waals surface area contributed by atoms with Crippen LogP contribution in [0.4, 0.5) is 13.2 Å². The van der Waals surface area contributed by atoms with Crippen LogP contribution in [-0.2, 0) is 12.6 Å². The molecule has 5 rings (SSSR count). The molecule has 4 aromatic rings. The third kappa shape index (κ3) is 4.36. The number of hydrogen-bond acceptors (Lipinski definition) is 5. The van der Waals surface area contributed by atoms with Gasteiger partial charge in [0.25, 0.3) is 5.91 Å². The van der Waals surface area contributed by atoms with E-state index in [0.29, 0.717) is 16.8 Å². The summed E-state index contributed by atoms with van der Waals surface area (Å²) in [4.78, 5) is 30.5. The van der Waals surface area contributed by atoms with Crippen molar-refractivity contribution in [1.82, 2.24) is 25.3 Å². The van der Waals surface area contributed by atoms with Gasteiger partial charge in [0.1, 0.15) is 5.69 Å². The van der Waals surface area contributed by atoms with Crippen LogP contribution in [0.2, 0.25) is 0 Å². The number of fused-ring (bicyclic) bond motifs is 1. The number of carbonyl (C=O) groups is 1. The maximum absolute atomic E-state index is 13.2. The molecule has 3 heterocycles. The van der Waals surface area contributed by atoms with Crippen molar-refractivity contribution in [2.45, 2.75) is 25.1 Å². The zero-order valence-electron chi connectivity index (χ0n) is 17.8. The number of alkyl halides is 3. The van der Waals surface area contributed by atoms with Crippen molar-refractivity contribution in [2.75, 3.05) is 0 Å². The van der Waals surface area contributed by atoms with Gasteiger partial charge in [0.15, 0.2) is 5.82 Å². The number of amides is 1. The molecule has 0 radical (unpaired) electrons. The molecule has 0 fully saturated rings. The van der Waals surface area contributed by atoms with Gasteiger partial charge in [0, 0.05) is 35.4 Å². The third-order valence-corrected chi connectivity index (χ3v) is 5.66. The Bertz CT molecular complexity index is 1340. The van der Waals surface area contributed by atoms with Gasteiger partial charge in [0.2, 0.25) is 0 Å². The molecule has 0 saturated heterocycles. The Morgan fingerprint density at radius 2 is 1.76 bits per heavy atom. The Hall–Kier alpha value is -4.14. The van der Waals surface area contributed by atoms with E-state index >= 15 is 0 Å². The molecule has 6 nitrogen and oxygen atoms in total. The average molecular weight is 461 g/mol. The summed E-state index contributed by atoms with van der Waals surface area (Å²) in [5, 5.41) is 3.00. The standard InChI is InChI=1S/C25H18F3N5O/c26-25(27,28)17-7-5-15(6-8-17)21-13-22(32-23(31-21)16-3-1-11-29-14-16)24(34)33-20-10-9-19-18(20)4-2-12-30-19/h1-8,11-14,20H,9-10H2,(H,33,34)/t20-/m0/s1. The summed E-state index contributed by atoms with van der Waals surface area (Å²) in [5.74, 6) is -0.147. The minimum Gasteiger partial charge on any atom is -0.344 e. The summed E-state index contributed by atoms with van der Waals surface area (Å²) >= 11 is 0. The number of aromatic nitrogens is 4. The normalized spacial score (nSPS) is 15.1. The van der Waals surface area contributed by atoms with Crippen molar-refractivity contribution < 1.29 is 18.0 Å². The number of hydrogen-bond donors (Lipinski definition) is 1. The van der Waals surface area contributed by atoms with Gasteiger partial charge >= 0.3 is 6.18 Å². The van der Waals surface area contributed by atoms with Crippen LogP contribution in [0.5, 0.6) is 0 Å². The second kappa shape index (κ2) is 8.66. The highest BCUT2D eigenvalue weighted by molar-refractivity contribution is 5.94. The molecule has 0 bridgehead atoms. The van der Waals surface area contributed by atoms with Crippen molar-refractivity contribution in [1.29, 1.82) is 0 Å². The highest BCUT2D eigenvalue weighted by Gasteiger charge is 2.30. The number of benzene rings is 1. The van der Waals surface area contributed by atoms with Crippen LogP contribution in [0, 0.1) is 0 Å². The van der Waals surface area contributed by atoms with Crippen LogP contribution >= 0.6 is 0 Å². The minimum atomic E-state index is -4.44. The summed E-state index contributed by atoms with van der Waals surface area (Å²) in [7, 11) is 0. The maximum atomic E-state index is 13.2. The van der Waals surface area contributed by atoms with Crippen molar-refractivity contribution in [3.63, 3.8) is 0 Å². The molecule has 9 heteroatoms. The lowest BCUT2D eigenvalue weighted by Crippen LogP contribution is -2.28. The van der Waals surface area contributed by atoms with Crippen LogP contribution in [0.3, 0.4) is 0 Å². The monoisotopic (exact) mass is 461 g/mol. The minimum absolute atomic E-state index is 0.112. The molecule has 0 aliphatic heterocycles. The summed E-state index contributed by atoms with van der Waals surface area (Å²) in [6.45, 7) is 0. The molecule has 1 aliphatic rings. The molecule has 170 valence electrons. The Morgan fingerprint density at radius 1 is 0.971 bits per heavy atom. The zero-order chi connectivity index (χ0) is 23.7. The molecule has 1 aliphatic carbocycles.